The molecule has 0 aliphatic rings. The van der Waals surface area contributed by atoms with Gasteiger partial charge in [-0.25, -0.2) is 0 Å². The average molecular weight is 218 g/mol. The molecule has 0 spiro atoms. The zero-order valence-corrected chi connectivity index (χ0v) is 10.0. The lowest BCUT2D eigenvalue weighted by atomic mass is 10.2. The topological polar surface area (TPSA) is 45.6 Å². The summed E-state index contributed by atoms with van der Waals surface area (Å²) in [6, 6.07) is 4.21. The van der Waals surface area contributed by atoms with Crippen LogP contribution in [-0.4, -0.2) is 14.8 Å². The minimum atomic E-state index is 0.827. The SMILES string of the molecule is Cc1cc(CNCc2ccn[nH]2)c(C)n1C. The van der Waals surface area contributed by atoms with E-state index < -0.39 is 0 Å². The molecule has 0 aromatic carbocycles. The van der Waals surface area contributed by atoms with E-state index in [9.17, 15) is 0 Å². The molecule has 0 saturated carbocycles. The Hall–Kier alpha value is -1.55. The summed E-state index contributed by atoms with van der Waals surface area (Å²) >= 11 is 0. The number of nitrogens with zero attached hydrogens (tertiary/aromatic N) is 2. The van der Waals surface area contributed by atoms with Crippen molar-refractivity contribution in [1.29, 1.82) is 0 Å². The first kappa shape index (κ1) is 11.0. The van der Waals surface area contributed by atoms with Crippen molar-refractivity contribution in [2.75, 3.05) is 0 Å². The summed E-state index contributed by atoms with van der Waals surface area (Å²) in [7, 11) is 2.10. The van der Waals surface area contributed by atoms with E-state index in [1.807, 2.05) is 6.07 Å². The highest BCUT2D eigenvalue weighted by Gasteiger charge is 2.05. The van der Waals surface area contributed by atoms with E-state index in [1.165, 1.54) is 17.0 Å². The Morgan fingerprint density at radius 3 is 2.75 bits per heavy atom. The maximum Gasteiger partial charge on any atom is 0.0490 e. The van der Waals surface area contributed by atoms with Crippen LogP contribution in [0.15, 0.2) is 18.3 Å². The lowest BCUT2D eigenvalue weighted by molar-refractivity contribution is 0.672. The molecule has 16 heavy (non-hydrogen) atoms. The van der Waals surface area contributed by atoms with Crippen LogP contribution in [0.25, 0.3) is 0 Å². The van der Waals surface area contributed by atoms with Gasteiger partial charge in [-0.05, 0) is 31.5 Å². The molecule has 2 heterocycles. The maximum absolute atomic E-state index is 3.91. The zero-order valence-electron chi connectivity index (χ0n) is 10.0. The number of hydrogen-bond donors (Lipinski definition) is 2. The van der Waals surface area contributed by atoms with E-state index in [4.69, 9.17) is 0 Å². The summed E-state index contributed by atoms with van der Waals surface area (Å²) in [5, 5.41) is 10.3. The maximum atomic E-state index is 3.91. The van der Waals surface area contributed by atoms with Crippen LogP contribution in [0.1, 0.15) is 22.6 Å². The number of aromatic nitrogens is 3. The summed E-state index contributed by atoms with van der Waals surface area (Å²) in [6.45, 7) is 6.01. The van der Waals surface area contributed by atoms with Gasteiger partial charge in [0.1, 0.15) is 0 Å². The molecule has 0 saturated heterocycles. The quantitative estimate of drug-likeness (QED) is 0.819. The van der Waals surface area contributed by atoms with E-state index in [1.54, 1.807) is 6.20 Å². The fourth-order valence-electron chi connectivity index (χ4n) is 1.83. The molecule has 0 amide bonds. The van der Waals surface area contributed by atoms with Crippen LogP contribution in [0, 0.1) is 13.8 Å². The molecule has 2 aromatic rings. The summed E-state index contributed by atoms with van der Waals surface area (Å²) in [6.07, 6.45) is 1.77. The van der Waals surface area contributed by atoms with E-state index in [-0.39, 0.29) is 0 Å². The monoisotopic (exact) mass is 218 g/mol. The highest BCUT2D eigenvalue weighted by molar-refractivity contribution is 5.26. The second-order valence-electron chi connectivity index (χ2n) is 4.14. The summed E-state index contributed by atoms with van der Waals surface area (Å²) < 4.78 is 2.22. The fraction of sp³-hybridized carbons (Fsp3) is 0.417. The van der Waals surface area contributed by atoms with E-state index in [0.29, 0.717) is 0 Å². The molecule has 2 rings (SSSR count). The first-order valence-electron chi connectivity index (χ1n) is 5.49. The van der Waals surface area contributed by atoms with Crippen LogP contribution >= 0.6 is 0 Å². The predicted octanol–water partition coefficient (Wildman–Crippen LogP) is 1.65. The summed E-state index contributed by atoms with van der Waals surface area (Å²) in [5.41, 5.74) is 5.11. The molecular formula is C12H18N4. The van der Waals surface area contributed by atoms with Crippen molar-refractivity contribution < 1.29 is 0 Å². The largest absolute Gasteiger partial charge is 0.352 e. The summed E-state index contributed by atoms with van der Waals surface area (Å²) in [5.74, 6) is 0. The minimum Gasteiger partial charge on any atom is -0.352 e. The number of H-pyrrole nitrogens is 1. The Labute approximate surface area is 95.7 Å². The van der Waals surface area contributed by atoms with Gasteiger partial charge < -0.3 is 9.88 Å². The van der Waals surface area contributed by atoms with Gasteiger partial charge in [0.25, 0.3) is 0 Å². The molecule has 0 atom stereocenters. The van der Waals surface area contributed by atoms with Crippen LogP contribution < -0.4 is 5.32 Å². The van der Waals surface area contributed by atoms with Gasteiger partial charge in [0.2, 0.25) is 0 Å². The Bertz CT molecular complexity index is 454. The number of nitrogens with one attached hydrogen (secondary N) is 2. The smallest absolute Gasteiger partial charge is 0.0490 e. The van der Waals surface area contributed by atoms with Gasteiger partial charge in [-0.3, -0.25) is 5.10 Å². The van der Waals surface area contributed by atoms with Gasteiger partial charge in [0, 0.05) is 43.4 Å². The first-order chi connectivity index (χ1) is 7.68. The molecule has 2 N–H and O–H groups in total. The third-order valence-electron chi connectivity index (χ3n) is 3.07. The number of aryl methyl sites for hydroxylation is 1. The van der Waals surface area contributed by atoms with Crippen LogP contribution in [0.4, 0.5) is 0 Å². The van der Waals surface area contributed by atoms with Gasteiger partial charge >= 0.3 is 0 Å². The molecule has 0 radical (unpaired) electrons. The third-order valence-corrected chi connectivity index (χ3v) is 3.07. The van der Waals surface area contributed by atoms with Crippen LogP contribution in [-0.2, 0) is 20.1 Å². The highest BCUT2D eigenvalue weighted by atomic mass is 15.1. The van der Waals surface area contributed by atoms with Crippen molar-refractivity contribution in [3.05, 3.63) is 41.0 Å². The molecule has 4 heteroatoms. The van der Waals surface area contributed by atoms with E-state index in [2.05, 4.69) is 47.0 Å². The summed E-state index contributed by atoms with van der Waals surface area (Å²) in [4.78, 5) is 0. The van der Waals surface area contributed by atoms with Crippen molar-refractivity contribution in [2.24, 2.45) is 7.05 Å². The number of rotatable bonds is 4. The molecular weight excluding hydrogens is 200 g/mol. The molecule has 4 nitrogen and oxygen atoms in total. The van der Waals surface area contributed by atoms with Crippen molar-refractivity contribution in [1.82, 2.24) is 20.1 Å². The van der Waals surface area contributed by atoms with E-state index >= 15 is 0 Å². The van der Waals surface area contributed by atoms with Crippen molar-refractivity contribution in [3.8, 4) is 0 Å². The van der Waals surface area contributed by atoms with Gasteiger partial charge in [-0.15, -0.1) is 0 Å². The average Bonchev–Trinajstić information content (AvgIpc) is 2.85. The Morgan fingerprint density at radius 2 is 2.19 bits per heavy atom. The molecule has 0 aliphatic heterocycles. The standard InChI is InChI=1S/C12H18N4/c1-9-6-11(10(2)16(9)3)7-13-8-12-4-5-14-15-12/h4-6,13H,7-8H2,1-3H3,(H,14,15). The normalized spacial score (nSPS) is 10.9. The molecule has 0 aliphatic carbocycles. The van der Waals surface area contributed by atoms with Crippen LogP contribution in [0.5, 0.6) is 0 Å². The molecule has 86 valence electrons. The predicted molar refractivity (Wildman–Crippen MR) is 64.0 cm³/mol. The van der Waals surface area contributed by atoms with E-state index in [0.717, 1.165) is 18.8 Å². The minimum absolute atomic E-state index is 0.827. The van der Waals surface area contributed by atoms with Gasteiger partial charge in [-0.2, -0.15) is 5.10 Å². The second kappa shape index (κ2) is 4.53. The Morgan fingerprint density at radius 1 is 1.38 bits per heavy atom. The lowest BCUT2D eigenvalue weighted by Crippen LogP contribution is -2.13. The molecule has 2 aromatic heterocycles. The Balaban J connectivity index is 1.92. The zero-order chi connectivity index (χ0) is 11.5. The lowest BCUT2D eigenvalue weighted by Gasteiger charge is -2.04. The highest BCUT2D eigenvalue weighted by Crippen LogP contribution is 2.12. The van der Waals surface area contributed by atoms with Crippen LogP contribution in [0.3, 0.4) is 0 Å². The number of hydrogen-bond acceptors (Lipinski definition) is 2. The number of aromatic amines is 1. The molecule has 0 fully saturated rings. The van der Waals surface area contributed by atoms with Crippen molar-refractivity contribution >= 4 is 0 Å². The van der Waals surface area contributed by atoms with Gasteiger partial charge in [0.15, 0.2) is 0 Å². The van der Waals surface area contributed by atoms with Crippen molar-refractivity contribution in [3.63, 3.8) is 0 Å². The second-order valence-corrected chi connectivity index (χ2v) is 4.14. The van der Waals surface area contributed by atoms with Gasteiger partial charge in [-0.1, -0.05) is 0 Å². The van der Waals surface area contributed by atoms with Gasteiger partial charge in [0.05, 0.1) is 0 Å². The Kier molecular flexibility index (Phi) is 3.10. The molecule has 0 unspecified atom stereocenters. The van der Waals surface area contributed by atoms with Crippen molar-refractivity contribution in [2.45, 2.75) is 26.9 Å². The molecule has 0 bridgehead atoms. The third kappa shape index (κ3) is 2.17. The van der Waals surface area contributed by atoms with Crippen LogP contribution in [0.2, 0.25) is 0 Å². The first-order valence-corrected chi connectivity index (χ1v) is 5.49. The fourth-order valence-corrected chi connectivity index (χ4v) is 1.83.